The minimum atomic E-state index is -3.84. The molecule has 2 aromatic heterocycles. The second-order valence-electron chi connectivity index (χ2n) is 5.30. The van der Waals surface area contributed by atoms with E-state index in [0.29, 0.717) is 0 Å². The Balaban J connectivity index is 2.14. The SMILES string of the molecule is Cc1ccc(S(=O)(=O)n2ccc(Cl)c2-c2ccc(C(N)=NN)o2)cc1. The zero-order valence-electron chi connectivity index (χ0n) is 13.2. The van der Waals surface area contributed by atoms with Crippen molar-refractivity contribution in [1.29, 1.82) is 0 Å². The Labute approximate surface area is 149 Å². The number of aryl methyl sites for hydroxylation is 1. The van der Waals surface area contributed by atoms with Crippen molar-refractivity contribution >= 4 is 27.5 Å². The van der Waals surface area contributed by atoms with Gasteiger partial charge in [-0.3, -0.25) is 0 Å². The molecular weight excluding hydrogens is 364 g/mol. The lowest BCUT2D eigenvalue weighted by Crippen LogP contribution is -2.14. The lowest BCUT2D eigenvalue weighted by Gasteiger charge is -2.10. The Hall–Kier alpha value is -2.71. The summed E-state index contributed by atoms with van der Waals surface area (Å²) in [4.78, 5) is 0.140. The van der Waals surface area contributed by atoms with Crippen LogP contribution >= 0.6 is 11.6 Å². The molecule has 2 heterocycles. The van der Waals surface area contributed by atoms with Gasteiger partial charge in [0.2, 0.25) is 0 Å². The summed E-state index contributed by atoms with van der Waals surface area (Å²) in [6, 6.07) is 11.1. The second-order valence-corrected chi connectivity index (χ2v) is 7.53. The number of aromatic nitrogens is 1. The Morgan fingerprint density at radius 1 is 1.16 bits per heavy atom. The summed E-state index contributed by atoms with van der Waals surface area (Å²) < 4.78 is 32.5. The largest absolute Gasteiger partial charge is 0.451 e. The molecule has 3 rings (SSSR count). The molecule has 0 saturated carbocycles. The van der Waals surface area contributed by atoms with Crippen LogP contribution in [0, 0.1) is 6.92 Å². The Morgan fingerprint density at radius 3 is 2.48 bits per heavy atom. The molecule has 0 fully saturated rings. The standard InChI is InChI=1S/C16H15ClN4O3S/c1-10-2-4-11(5-3-10)25(22,23)21-9-8-12(17)15(21)13-6-7-14(24-13)16(18)20-19/h2-9H,19H2,1H3,(H2,18,20). The molecule has 0 amide bonds. The number of hydrogen-bond acceptors (Lipinski definition) is 5. The fourth-order valence-electron chi connectivity index (χ4n) is 2.31. The van der Waals surface area contributed by atoms with Gasteiger partial charge in [0, 0.05) is 6.20 Å². The van der Waals surface area contributed by atoms with Crippen molar-refractivity contribution in [3.63, 3.8) is 0 Å². The normalized spacial score (nSPS) is 12.5. The van der Waals surface area contributed by atoms with E-state index in [0.717, 1.165) is 9.54 Å². The number of furan rings is 1. The summed E-state index contributed by atoms with van der Waals surface area (Å²) in [5.41, 5.74) is 6.75. The molecule has 1 aromatic carbocycles. The number of nitrogens with zero attached hydrogens (tertiary/aromatic N) is 2. The monoisotopic (exact) mass is 378 g/mol. The lowest BCUT2D eigenvalue weighted by molar-refractivity contribution is 0.563. The highest BCUT2D eigenvalue weighted by Gasteiger charge is 2.24. The minimum absolute atomic E-state index is 0.0122. The van der Waals surface area contributed by atoms with Gasteiger partial charge in [0.25, 0.3) is 10.0 Å². The first-order chi connectivity index (χ1) is 11.8. The van der Waals surface area contributed by atoms with E-state index >= 15 is 0 Å². The summed E-state index contributed by atoms with van der Waals surface area (Å²) in [6.45, 7) is 1.88. The fourth-order valence-corrected chi connectivity index (χ4v) is 3.96. The molecule has 25 heavy (non-hydrogen) atoms. The topological polar surface area (TPSA) is 117 Å². The van der Waals surface area contributed by atoms with Gasteiger partial charge in [0.1, 0.15) is 5.69 Å². The number of rotatable bonds is 4. The van der Waals surface area contributed by atoms with Crippen LogP contribution in [0.2, 0.25) is 5.02 Å². The van der Waals surface area contributed by atoms with Gasteiger partial charge < -0.3 is 16.0 Å². The molecule has 0 spiro atoms. The average Bonchev–Trinajstić information content (AvgIpc) is 3.21. The second kappa shape index (κ2) is 6.30. The lowest BCUT2D eigenvalue weighted by atomic mass is 10.2. The maximum Gasteiger partial charge on any atom is 0.268 e. The van der Waals surface area contributed by atoms with Crippen molar-refractivity contribution < 1.29 is 12.8 Å². The van der Waals surface area contributed by atoms with Crippen LogP contribution in [0.5, 0.6) is 0 Å². The van der Waals surface area contributed by atoms with Crippen LogP contribution in [-0.2, 0) is 10.0 Å². The number of hydrogen-bond donors (Lipinski definition) is 2. The predicted molar refractivity (Wildman–Crippen MR) is 95.8 cm³/mol. The molecule has 3 aromatic rings. The third-order valence-electron chi connectivity index (χ3n) is 3.61. The van der Waals surface area contributed by atoms with E-state index in [-0.39, 0.29) is 33.0 Å². The molecule has 9 heteroatoms. The van der Waals surface area contributed by atoms with Crippen LogP contribution in [0.25, 0.3) is 11.5 Å². The van der Waals surface area contributed by atoms with Crippen molar-refractivity contribution in [2.24, 2.45) is 16.7 Å². The van der Waals surface area contributed by atoms with Gasteiger partial charge in [-0.1, -0.05) is 29.3 Å². The van der Waals surface area contributed by atoms with E-state index in [1.54, 1.807) is 18.2 Å². The van der Waals surface area contributed by atoms with Crippen LogP contribution in [0.15, 0.2) is 63.1 Å². The van der Waals surface area contributed by atoms with E-state index in [2.05, 4.69) is 5.10 Å². The van der Waals surface area contributed by atoms with Crippen LogP contribution in [0.4, 0.5) is 0 Å². The molecule has 4 N–H and O–H groups in total. The predicted octanol–water partition coefficient (Wildman–Crippen LogP) is 2.53. The molecule has 0 saturated heterocycles. The van der Waals surface area contributed by atoms with Gasteiger partial charge in [0.15, 0.2) is 17.4 Å². The Morgan fingerprint density at radius 2 is 1.84 bits per heavy atom. The van der Waals surface area contributed by atoms with Gasteiger partial charge in [0.05, 0.1) is 9.92 Å². The maximum atomic E-state index is 12.9. The summed E-state index contributed by atoms with van der Waals surface area (Å²) in [5, 5.41) is 3.57. The zero-order chi connectivity index (χ0) is 18.2. The van der Waals surface area contributed by atoms with Crippen molar-refractivity contribution in [2.75, 3.05) is 0 Å². The first-order valence-corrected chi connectivity index (χ1v) is 8.99. The van der Waals surface area contributed by atoms with Crippen molar-refractivity contribution in [3.05, 3.63) is 65.0 Å². The molecule has 0 aliphatic heterocycles. The number of halogens is 1. The molecule has 0 bridgehead atoms. The van der Waals surface area contributed by atoms with Crippen LogP contribution in [-0.4, -0.2) is 18.2 Å². The molecular formula is C16H15ClN4O3S. The maximum absolute atomic E-state index is 12.9. The Kier molecular flexibility index (Phi) is 4.32. The highest BCUT2D eigenvalue weighted by molar-refractivity contribution is 7.90. The zero-order valence-corrected chi connectivity index (χ0v) is 14.8. The molecule has 0 aliphatic carbocycles. The van der Waals surface area contributed by atoms with Crippen molar-refractivity contribution in [1.82, 2.24) is 3.97 Å². The Bertz CT molecular complexity index is 1050. The highest BCUT2D eigenvalue weighted by Crippen LogP contribution is 2.33. The quantitative estimate of drug-likeness (QED) is 0.313. The van der Waals surface area contributed by atoms with Gasteiger partial charge in [-0.25, -0.2) is 12.4 Å². The smallest absolute Gasteiger partial charge is 0.268 e. The number of nitrogens with two attached hydrogens (primary N) is 2. The molecule has 7 nitrogen and oxygen atoms in total. The van der Waals surface area contributed by atoms with Crippen LogP contribution < -0.4 is 11.6 Å². The van der Waals surface area contributed by atoms with E-state index in [9.17, 15) is 8.42 Å². The van der Waals surface area contributed by atoms with Crippen molar-refractivity contribution in [2.45, 2.75) is 11.8 Å². The number of benzene rings is 1. The van der Waals surface area contributed by atoms with E-state index in [1.807, 2.05) is 6.92 Å². The third kappa shape index (κ3) is 3.01. The van der Waals surface area contributed by atoms with E-state index < -0.39 is 10.0 Å². The van der Waals surface area contributed by atoms with Crippen LogP contribution in [0.3, 0.4) is 0 Å². The van der Waals surface area contributed by atoms with E-state index in [1.165, 1.54) is 30.5 Å². The fraction of sp³-hybridized carbons (Fsp3) is 0.0625. The summed E-state index contributed by atoms with van der Waals surface area (Å²) in [5.74, 6) is 5.56. The molecule has 0 aliphatic rings. The summed E-state index contributed by atoms with van der Waals surface area (Å²) in [7, 11) is -3.84. The average molecular weight is 379 g/mol. The van der Waals surface area contributed by atoms with Gasteiger partial charge in [-0.2, -0.15) is 5.10 Å². The first kappa shape index (κ1) is 17.1. The first-order valence-electron chi connectivity index (χ1n) is 7.17. The molecule has 0 radical (unpaired) electrons. The highest BCUT2D eigenvalue weighted by atomic mass is 35.5. The van der Waals surface area contributed by atoms with Gasteiger partial charge >= 0.3 is 0 Å². The summed E-state index contributed by atoms with van der Waals surface area (Å²) >= 11 is 6.19. The summed E-state index contributed by atoms with van der Waals surface area (Å²) in [6.07, 6.45) is 1.37. The minimum Gasteiger partial charge on any atom is -0.451 e. The van der Waals surface area contributed by atoms with Gasteiger partial charge in [-0.15, -0.1) is 0 Å². The van der Waals surface area contributed by atoms with Gasteiger partial charge in [-0.05, 0) is 37.3 Å². The van der Waals surface area contributed by atoms with Crippen LogP contribution in [0.1, 0.15) is 11.3 Å². The number of amidine groups is 1. The molecule has 0 unspecified atom stereocenters. The van der Waals surface area contributed by atoms with E-state index in [4.69, 9.17) is 27.6 Å². The third-order valence-corrected chi connectivity index (χ3v) is 5.61. The molecule has 130 valence electrons. The molecule has 0 atom stereocenters. The van der Waals surface area contributed by atoms with Crippen molar-refractivity contribution in [3.8, 4) is 11.5 Å². The number of hydrazone groups is 1.